The maximum absolute atomic E-state index is 5.94. The number of ether oxygens (including phenoxy) is 1. The molecule has 2 nitrogen and oxygen atoms in total. The van der Waals surface area contributed by atoms with Crippen molar-refractivity contribution in [3.05, 3.63) is 48.0 Å². The third-order valence-corrected chi connectivity index (χ3v) is 5.95. The quantitative estimate of drug-likeness (QED) is 0.640. The molecule has 24 heavy (non-hydrogen) atoms. The van der Waals surface area contributed by atoms with E-state index in [0.717, 1.165) is 19.6 Å². The molecule has 0 radical (unpaired) electrons. The molecule has 1 heterocycles. The van der Waals surface area contributed by atoms with Crippen molar-refractivity contribution in [3.8, 4) is 0 Å². The third-order valence-electron chi connectivity index (χ3n) is 4.84. The van der Waals surface area contributed by atoms with Crippen molar-refractivity contribution in [2.75, 3.05) is 38.8 Å². The summed E-state index contributed by atoms with van der Waals surface area (Å²) >= 11 is 2.08. The zero-order chi connectivity index (χ0) is 16.8. The number of rotatable bonds is 8. The van der Waals surface area contributed by atoms with Crippen molar-refractivity contribution in [3.63, 3.8) is 0 Å². The lowest BCUT2D eigenvalue weighted by atomic mass is 9.90. The van der Waals surface area contributed by atoms with E-state index in [0.29, 0.717) is 12.0 Å². The summed E-state index contributed by atoms with van der Waals surface area (Å²) in [6, 6.07) is 15.6. The smallest absolute Gasteiger partial charge is 0.0582 e. The zero-order valence-electron chi connectivity index (χ0n) is 14.9. The minimum absolute atomic E-state index is 0.448. The van der Waals surface area contributed by atoms with E-state index in [1.54, 1.807) is 0 Å². The lowest BCUT2D eigenvalue weighted by Gasteiger charge is -2.22. The molecule has 1 aliphatic rings. The first-order valence-electron chi connectivity index (χ1n) is 9.06. The molecule has 0 amide bonds. The Kier molecular flexibility index (Phi) is 6.59. The Morgan fingerprint density at radius 2 is 2.00 bits per heavy atom. The van der Waals surface area contributed by atoms with Crippen molar-refractivity contribution in [1.29, 1.82) is 0 Å². The number of fused-ring (bicyclic) bond motifs is 1. The van der Waals surface area contributed by atoms with E-state index in [4.69, 9.17) is 4.74 Å². The standard InChI is InChI=1S/C21H29NOS/c1-22(2)12-14-24-16-18(15-19-9-6-13-23-19)21-11-5-8-17-7-3-4-10-20(17)21/h3-5,7-8,10-11,18-19H,6,9,12-16H2,1-2H3. The van der Waals surface area contributed by atoms with E-state index < -0.39 is 0 Å². The first kappa shape index (κ1) is 17.8. The predicted octanol–water partition coefficient (Wildman–Crippen LogP) is 4.79. The van der Waals surface area contributed by atoms with Gasteiger partial charge in [0.05, 0.1) is 6.10 Å². The molecule has 2 unspecified atom stereocenters. The third kappa shape index (κ3) is 4.75. The number of benzene rings is 2. The van der Waals surface area contributed by atoms with Crippen molar-refractivity contribution in [2.24, 2.45) is 0 Å². The van der Waals surface area contributed by atoms with Crippen LogP contribution in [0.5, 0.6) is 0 Å². The average Bonchev–Trinajstić information content (AvgIpc) is 3.10. The van der Waals surface area contributed by atoms with Crippen LogP contribution < -0.4 is 0 Å². The predicted molar refractivity (Wildman–Crippen MR) is 106 cm³/mol. The van der Waals surface area contributed by atoms with Gasteiger partial charge in [-0.1, -0.05) is 42.5 Å². The molecule has 0 saturated carbocycles. The second-order valence-electron chi connectivity index (χ2n) is 7.01. The summed E-state index contributed by atoms with van der Waals surface area (Å²) < 4.78 is 5.94. The molecule has 0 aliphatic carbocycles. The lowest BCUT2D eigenvalue weighted by molar-refractivity contribution is 0.0997. The number of hydrogen-bond acceptors (Lipinski definition) is 3. The van der Waals surface area contributed by atoms with Crippen LogP contribution in [0, 0.1) is 0 Å². The van der Waals surface area contributed by atoms with E-state index in [2.05, 4.69) is 73.2 Å². The fourth-order valence-corrected chi connectivity index (χ4v) is 4.77. The molecular weight excluding hydrogens is 314 g/mol. The van der Waals surface area contributed by atoms with E-state index >= 15 is 0 Å². The van der Waals surface area contributed by atoms with Gasteiger partial charge in [-0.05, 0) is 55.6 Å². The molecule has 2 atom stereocenters. The van der Waals surface area contributed by atoms with E-state index in [-0.39, 0.29) is 0 Å². The van der Waals surface area contributed by atoms with Crippen LogP contribution in [0.25, 0.3) is 10.8 Å². The van der Waals surface area contributed by atoms with E-state index in [9.17, 15) is 0 Å². The summed E-state index contributed by atoms with van der Waals surface area (Å²) in [6.07, 6.45) is 4.05. The molecule has 130 valence electrons. The molecule has 0 aromatic heterocycles. The molecule has 2 aromatic rings. The average molecular weight is 344 g/mol. The molecule has 3 rings (SSSR count). The van der Waals surface area contributed by atoms with Gasteiger partial charge >= 0.3 is 0 Å². The van der Waals surface area contributed by atoms with Crippen LogP contribution in [0.15, 0.2) is 42.5 Å². The van der Waals surface area contributed by atoms with Crippen LogP contribution in [0.2, 0.25) is 0 Å². The molecule has 0 N–H and O–H groups in total. The van der Waals surface area contributed by atoms with Crippen molar-refractivity contribution in [1.82, 2.24) is 4.90 Å². The van der Waals surface area contributed by atoms with Crippen molar-refractivity contribution in [2.45, 2.75) is 31.3 Å². The van der Waals surface area contributed by atoms with E-state index in [1.807, 2.05) is 0 Å². The lowest BCUT2D eigenvalue weighted by Crippen LogP contribution is -2.17. The molecule has 1 saturated heterocycles. The topological polar surface area (TPSA) is 12.5 Å². The van der Waals surface area contributed by atoms with Crippen LogP contribution in [-0.4, -0.2) is 49.8 Å². The highest BCUT2D eigenvalue weighted by molar-refractivity contribution is 7.99. The van der Waals surface area contributed by atoms with Gasteiger partial charge in [-0.15, -0.1) is 0 Å². The SMILES string of the molecule is CN(C)CCSCC(CC1CCCO1)c1cccc2ccccc12. The minimum atomic E-state index is 0.448. The summed E-state index contributed by atoms with van der Waals surface area (Å²) in [7, 11) is 4.30. The number of hydrogen-bond donors (Lipinski definition) is 0. The van der Waals surface area contributed by atoms with Gasteiger partial charge in [0.1, 0.15) is 0 Å². The van der Waals surface area contributed by atoms with Gasteiger partial charge in [0.15, 0.2) is 0 Å². The van der Waals surface area contributed by atoms with Crippen molar-refractivity contribution >= 4 is 22.5 Å². The minimum Gasteiger partial charge on any atom is -0.378 e. The van der Waals surface area contributed by atoms with Gasteiger partial charge in [0, 0.05) is 24.7 Å². The number of nitrogens with zero attached hydrogens (tertiary/aromatic N) is 1. The first-order chi connectivity index (χ1) is 11.7. The van der Waals surface area contributed by atoms with E-state index in [1.165, 1.54) is 40.7 Å². The van der Waals surface area contributed by atoms with Gasteiger partial charge < -0.3 is 9.64 Å². The van der Waals surface area contributed by atoms with Crippen molar-refractivity contribution < 1.29 is 4.74 Å². The Balaban J connectivity index is 1.76. The monoisotopic (exact) mass is 343 g/mol. The molecule has 0 spiro atoms. The molecular formula is C21H29NOS. The summed E-state index contributed by atoms with van der Waals surface area (Å²) in [5.41, 5.74) is 1.50. The van der Waals surface area contributed by atoms with Gasteiger partial charge in [-0.3, -0.25) is 0 Å². The van der Waals surface area contributed by atoms with Gasteiger partial charge in [0.25, 0.3) is 0 Å². The van der Waals surface area contributed by atoms with Gasteiger partial charge in [-0.2, -0.15) is 11.8 Å². The summed E-state index contributed by atoms with van der Waals surface area (Å²) in [5, 5.41) is 2.77. The maximum atomic E-state index is 5.94. The summed E-state index contributed by atoms with van der Waals surface area (Å²) in [6.45, 7) is 2.09. The Hall–Kier alpha value is -1.03. The highest BCUT2D eigenvalue weighted by Gasteiger charge is 2.23. The first-order valence-corrected chi connectivity index (χ1v) is 10.2. The highest BCUT2D eigenvalue weighted by Crippen LogP contribution is 2.34. The second-order valence-corrected chi connectivity index (χ2v) is 8.16. The normalized spacial score (nSPS) is 19.2. The Morgan fingerprint density at radius 3 is 2.79 bits per heavy atom. The summed E-state index contributed by atoms with van der Waals surface area (Å²) in [5.74, 6) is 2.95. The molecule has 1 fully saturated rings. The van der Waals surface area contributed by atoms with Crippen LogP contribution >= 0.6 is 11.8 Å². The fraction of sp³-hybridized carbons (Fsp3) is 0.524. The Morgan fingerprint density at radius 1 is 1.17 bits per heavy atom. The zero-order valence-corrected chi connectivity index (χ0v) is 15.7. The highest BCUT2D eigenvalue weighted by atomic mass is 32.2. The molecule has 1 aliphatic heterocycles. The largest absolute Gasteiger partial charge is 0.378 e. The fourth-order valence-electron chi connectivity index (χ4n) is 3.51. The van der Waals surface area contributed by atoms with Crippen LogP contribution in [-0.2, 0) is 4.74 Å². The maximum Gasteiger partial charge on any atom is 0.0582 e. The van der Waals surface area contributed by atoms with Crippen LogP contribution in [0.1, 0.15) is 30.7 Å². The van der Waals surface area contributed by atoms with Gasteiger partial charge in [-0.25, -0.2) is 0 Å². The molecule has 0 bridgehead atoms. The number of thioether (sulfide) groups is 1. The second kappa shape index (κ2) is 8.89. The Labute approximate surface area is 150 Å². The van der Waals surface area contributed by atoms with Crippen LogP contribution in [0.4, 0.5) is 0 Å². The summed E-state index contributed by atoms with van der Waals surface area (Å²) in [4.78, 5) is 2.26. The van der Waals surface area contributed by atoms with Gasteiger partial charge in [0.2, 0.25) is 0 Å². The molecule has 3 heteroatoms. The molecule has 2 aromatic carbocycles. The van der Waals surface area contributed by atoms with Crippen LogP contribution in [0.3, 0.4) is 0 Å². The Bertz CT molecular complexity index is 631.